The molecule has 4 nitrogen and oxygen atoms in total. The number of benzene rings is 12. The second kappa shape index (κ2) is 19.2. The molecule has 0 bridgehead atoms. The number of fused-ring (bicyclic) bond motifs is 21. The Kier molecular flexibility index (Phi) is 11.8. The molecule has 0 N–H and O–H groups in total. The van der Waals surface area contributed by atoms with E-state index in [1.807, 2.05) is 0 Å². The molecular weight excluding hydrogens is 1080 g/mol. The molecule has 2 aliphatic rings. The Morgan fingerprint density at radius 3 is 1.18 bits per heavy atom. The molecule has 0 saturated carbocycles. The van der Waals surface area contributed by atoms with Crippen molar-refractivity contribution in [2.24, 2.45) is 0 Å². The summed E-state index contributed by atoms with van der Waals surface area (Å²) in [5.74, 6) is 0. The summed E-state index contributed by atoms with van der Waals surface area (Å²) in [6.07, 6.45) is 0. The Morgan fingerprint density at radius 1 is 0.292 bits per heavy atom. The minimum atomic E-state index is -0.742. The maximum atomic E-state index is 7.38. The van der Waals surface area contributed by atoms with Gasteiger partial charge in [0.05, 0.1) is 22.2 Å². The highest BCUT2D eigenvalue weighted by Gasteiger charge is 2.53. The highest BCUT2D eigenvalue weighted by Crippen LogP contribution is 2.66. The van der Waals surface area contributed by atoms with Gasteiger partial charge >= 0.3 is 0 Å². The fraction of sp³-hybridized carbons (Fsp3) is 0.200. The van der Waals surface area contributed by atoms with Crippen LogP contribution in [-0.4, -0.2) is 0 Å². The Morgan fingerprint density at radius 2 is 0.708 bits per heavy atom. The molecule has 0 amide bonds. The smallest absolute Gasteiger partial charge is 0.145 e. The number of anilines is 6. The molecule has 16 rings (SSSR count). The quantitative estimate of drug-likeness (QED) is 0.166. The van der Waals surface area contributed by atoms with Gasteiger partial charge in [0.1, 0.15) is 22.3 Å². The van der Waals surface area contributed by atoms with E-state index in [9.17, 15) is 0 Å². The largest absolute Gasteiger partial charge is 0.456 e. The van der Waals surface area contributed by atoms with Crippen LogP contribution in [-0.2, 0) is 27.1 Å². The van der Waals surface area contributed by atoms with Gasteiger partial charge in [-0.15, -0.1) is 0 Å². The van der Waals surface area contributed by atoms with E-state index in [2.05, 4.69) is 323 Å². The van der Waals surface area contributed by atoms with Crippen LogP contribution in [0.25, 0.3) is 87.7 Å². The van der Waals surface area contributed by atoms with E-state index < -0.39 is 5.41 Å². The predicted molar refractivity (Wildman–Crippen MR) is 376 cm³/mol. The Hall–Kier alpha value is -9.64. The van der Waals surface area contributed by atoms with Crippen molar-refractivity contribution in [1.82, 2.24) is 0 Å². The third-order valence-corrected chi connectivity index (χ3v) is 19.7. The van der Waals surface area contributed by atoms with E-state index in [4.69, 9.17) is 8.83 Å². The second-order valence-corrected chi connectivity index (χ2v) is 29.3. The van der Waals surface area contributed by atoms with Gasteiger partial charge in [-0.25, -0.2) is 0 Å². The van der Waals surface area contributed by atoms with Gasteiger partial charge in [0.25, 0.3) is 0 Å². The topological polar surface area (TPSA) is 32.8 Å². The van der Waals surface area contributed by atoms with Crippen molar-refractivity contribution in [3.63, 3.8) is 0 Å². The van der Waals surface area contributed by atoms with Crippen molar-refractivity contribution in [1.29, 1.82) is 0 Å². The summed E-state index contributed by atoms with van der Waals surface area (Å²) < 4.78 is 14.3. The number of hydrogen-bond donors (Lipinski definition) is 0. The fourth-order valence-corrected chi connectivity index (χ4v) is 15.1. The number of nitrogens with zero attached hydrogens (tertiary/aromatic N) is 2. The van der Waals surface area contributed by atoms with Crippen molar-refractivity contribution in [2.45, 2.75) is 110 Å². The molecular formula is C85H74N2O2. The molecule has 12 aromatic carbocycles. The van der Waals surface area contributed by atoms with Crippen LogP contribution in [0.15, 0.2) is 239 Å². The van der Waals surface area contributed by atoms with Gasteiger partial charge in [0.2, 0.25) is 0 Å². The minimum absolute atomic E-state index is 0.0157. The molecule has 1 spiro atoms. The van der Waals surface area contributed by atoms with Gasteiger partial charge in [0, 0.05) is 49.7 Å². The third kappa shape index (κ3) is 8.25. The average Bonchev–Trinajstić information content (AvgIpc) is 1.50. The summed E-state index contributed by atoms with van der Waals surface area (Å²) >= 11 is 0. The lowest BCUT2D eigenvalue weighted by Crippen LogP contribution is -2.26. The highest BCUT2D eigenvalue weighted by atomic mass is 16.3. The van der Waals surface area contributed by atoms with E-state index >= 15 is 0 Å². The second-order valence-electron chi connectivity index (χ2n) is 29.3. The van der Waals surface area contributed by atoms with Gasteiger partial charge in [-0.3, -0.25) is 0 Å². The Labute approximate surface area is 522 Å². The first-order valence-corrected chi connectivity index (χ1v) is 31.7. The van der Waals surface area contributed by atoms with Crippen molar-refractivity contribution in [3.8, 4) is 22.3 Å². The molecule has 2 aliphatic carbocycles. The lowest BCUT2D eigenvalue weighted by Gasteiger charge is -2.33. The van der Waals surface area contributed by atoms with Gasteiger partial charge in [0.15, 0.2) is 0 Å². The van der Waals surface area contributed by atoms with Crippen LogP contribution in [0.5, 0.6) is 0 Å². The number of furan rings is 2. The monoisotopic (exact) mass is 1150 g/mol. The summed E-state index contributed by atoms with van der Waals surface area (Å²) in [5, 5.41) is 8.83. The van der Waals surface area contributed by atoms with Crippen molar-refractivity contribution in [2.75, 3.05) is 9.80 Å². The van der Waals surface area contributed by atoms with E-state index in [0.29, 0.717) is 0 Å². The maximum absolute atomic E-state index is 7.38. The summed E-state index contributed by atoms with van der Waals surface area (Å²) in [6, 6.07) is 87.4. The van der Waals surface area contributed by atoms with Crippen LogP contribution in [0.2, 0.25) is 0 Å². The molecule has 0 radical (unpaired) electrons. The van der Waals surface area contributed by atoms with Gasteiger partial charge in [-0.2, -0.15) is 0 Å². The van der Waals surface area contributed by atoms with Gasteiger partial charge in [-0.05, 0) is 196 Å². The molecule has 2 aromatic heterocycles. The first kappa shape index (κ1) is 54.7. The average molecular weight is 1160 g/mol. The third-order valence-electron chi connectivity index (χ3n) is 19.7. The molecule has 2 heterocycles. The van der Waals surface area contributed by atoms with E-state index in [-0.39, 0.29) is 21.7 Å². The van der Waals surface area contributed by atoms with E-state index in [1.165, 1.54) is 72.1 Å². The van der Waals surface area contributed by atoms with Crippen molar-refractivity contribution < 1.29 is 8.83 Å². The van der Waals surface area contributed by atoms with E-state index in [1.54, 1.807) is 0 Å². The molecule has 0 atom stereocenters. The summed E-state index contributed by atoms with van der Waals surface area (Å²) in [7, 11) is 0. The van der Waals surface area contributed by atoms with Crippen LogP contribution >= 0.6 is 0 Å². The Balaban J connectivity index is 1.06. The molecule has 4 heteroatoms. The molecule has 0 fully saturated rings. The number of para-hydroxylation sites is 2. The van der Waals surface area contributed by atoms with Gasteiger partial charge < -0.3 is 18.6 Å². The van der Waals surface area contributed by atoms with Crippen LogP contribution in [0.1, 0.15) is 128 Å². The maximum Gasteiger partial charge on any atom is 0.145 e. The fourth-order valence-electron chi connectivity index (χ4n) is 15.1. The zero-order valence-electron chi connectivity index (χ0n) is 53.2. The first-order valence-electron chi connectivity index (χ1n) is 31.7. The molecule has 0 aliphatic heterocycles. The standard InChI is InChI=1S/C85H74N2O2/c1-81(2,3)52-29-37-56(38-30-52)86(57-39-31-53(32-40-57)82(4,5)6)71-48-51-47-69-66(49-65(51)80-78(71)62-23-15-20-28-74(62)89-80)76-64-45-46-75-79(63-24-16-19-27-73(63)88-75)77(64)72(50-70(76)85(69)67-25-17-13-21-60(67)61-22-14-18-26-68(61)85)87(58-41-33-54(34-42-58)83(7,8)9)59-43-35-55(36-44-59)84(10,11)12/h13-50H,1-12H3. The molecule has 0 unspecified atom stereocenters. The van der Waals surface area contributed by atoms with Gasteiger partial charge in [-0.1, -0.05) is 217 Å². The summed E-state index contributed by atoms with van der Waals surface area (Å²) in [4.78, 5) is 5.00. The van der Waals surface area contributed by atoms with Crippen molar-refractivity contribution >= 4 is 99.5 Å². The number of hydrogen-bond acceptors (Lipinski definition) is 4. The van der Waals surface area contributed by atoms with E-state index in [0.717, 1.165) is 94.2 Å². The molecule has 89 heavy (non-hydrogen) atoms. The molecule has 436 valence electrons. The SMILES string of the molecule is CC(C)(C)c1ccc(N(c2ccc(C(C)(C)C)cc2)c2cc3cc4c(cc3c3oc5ccccc5c23)-c2c(cc(N(c3ccc(C(C)(C)C)cc3)c3ccc(C(C)(C)C)cc3)c3c2ccc2oc5ccccc5c23)C42c3ccccc3-c3ccccc32)cc1. The van der Waals surface area contributed by atoms with Crippen LogP contribution in [0, 0.1) is 0 Å². The highest BCUT2D eigenvalue weighted by molar-refractivity contribution is 6.28. The summed E-state index contributed by atoms with van der Waals surface area (Å²) in [6.45, 7) is 27.5. The number of rotatable bonds is 6. The normalized spacial score (nSPS) is 13.7. The van der Waals surface area contributed by atoms with Crippen LogP contribution in [0.3, 0.4) is 0 Å². The molecule has 14 aromatic rings. The van der Waals surface area contributed by atoms with Crippen LogP contribution < -0.4 is 9.80 Å². The van der Waals surface area contributed by atoms with Crippen LogP contribution in [0.4, 0.5) is 34.1 Å². The first-order chi connectivity index (χ1) is 42.7. The zero-order valence-corrected chi connectivity index (χ0v) is 53.2. The van der Waals surface area contributed by atoms with Crippen molar-refractivity contribution in [3.05, 3.63) is 275 Å². The molecule has 0 saturated heterocycles. The lowest BCUT2D eigenvalue weighted by molar-refractivity contribution is 0.590. The lowest BCUT2D eigenvalue weighted by atomic mass is 9.70. The zero-order chi connectivity index (χ0) is 61.3. The Bertz CT molecular complexity index is 5040. The summed E-state index contributed by atoms with van der Waals surface area (Å²) in [5.41, 5.74) is 24.2. The predicted octanol–water partition coefficient (Wildman–Crippen LogP) is 24.3. The minimum Gasteiger partial charge on any atom is -0.456 e.